The van der Waals surface area contributed by atoms with E-state index in [9.17, 15) is 4.39 Å². The average Bonchev–Trinajstić information content (AvgIpc) is 2.90. The van der Waals surface area contributed by atoms with Crippen molar-refractivity contribution in [1.29, 1.82) is 0 Å². The van der Waals surface area contributed by atoms with Gasteiger partial charge in [0.25, 0.3) is 0 Å². The lowest BCUT2D eigenvalue weighted by Crippen LogP contribution is -2.10. The Hall–Kier alpha value is -2.04. The van der Waals surface area contributed by atoms with Gasteiger partial charge >= 0.3 is 0 Å². The maximum Gasteiger partial charge on any atom is 0.223 e. The smallest absolute Gasteiger partial charge is 0.223 e. The number of fused-ring (bicyclic) bond motifs is 1. The molecule has 0 bridgehead atoms. The summed E-state index contributed by atoms with van der Waals surface area (Å²) in [6.45, 7) is 2.85. The Bertz CT molecular complexity index is 615. The van der Waals surface area contributed by atoms with Gasteiger partial charge in [-0.1, -0.05) is 13.0 Å². The first-order valence-corrected chi connectivity index (χ1v) is 6.99. The van der Waals surface area contributed by atoms with Gasteiger partial charge in [0, 0.05) is 18.7 Å². The first-order valence-electron chi connectivity index (χ1n) is 6.99. The number of halogens is 1. The van der Waals surface area contributed by atoms with Gasteiger partial charge in [-0.25, -0.2) is 14.4 Å². The molecule has 0 fully saturated rings. The van der Waals surface area contributed by atoms with Gasteiger partial charge in [-0.05, 0) is 30.9 Å². The van der Waals surface area contributed by atoms with Crippen LogP contribution in [-0.2, 0) is 6.42 Å². The number of anilines is 1. The Kier molecular flexibility index (Phi) is 3.58. The monoisotopic (exact) mass is 272 g/mol. The van der Waals surface area contributed by atoms with Gasteiger partial charge in [-0.3, -0.25) is 4.98 Å². The van der Waals surface area contributed by atoms with E-state index in [1.807, 2.05) is 6.07 Å². The Morgan fingerprint density at radius 3 is 3.10 bits per heavy atom. The van der Waals surface area contributed by atoms with Crippen LogP contribution in [0.15, 0.2) is 24.5 Å². The van der Waals surface area contributed by atoms with Crippen LogP contribution >= 0.6 is 0 Å². The molecule has 1 unspecified atom stereocenters. The predicted molar refractivity (Wildman–Crippen MR) is 75.2 cm³/mol. The topological polar surface area (TPSA) is 50.7 Å². The van der Waals surface area contributed by atoms with Crippen molar-refractivity contribution < 1.29 is 4.39 Å². The molecule has 4 nitrogen and oxygen atoms in total. The second-order valence-corrected chi connectivity index (χ2v) is 4.99. The lowest BCUT2D eigenvalue weighted by atomic mass is 10.0. The summed E-state index contributed by atoms with van der Waals surface area (Å²) in [5, 5.41) is 3.10. The molecular formula is C15H17FN4. The molecule has 1 aliphatic rings. The van der Waals surface area contributed by atoms with E-state index in [1.165, 1.54) is 11.8 Å². The minimum absolute atomic E-state index is 0.0589. The molecule has 0 spiro atoms. The van der Waals surface area contributed by atoms with Crippen LogP contribution in [0.3, 0.4) is 0 Å². The zero-order valence-electron chi connectivity index (χ0n) is 11.4. The number of nitrogens with zero attached hydrogens (tertiary/aromatic N) is 3. The normalized spacial score (nSPS) is 17.0. The molecule has 5 heteroatoms. The van der Waals surface area contributed by atoms with Gasteiger partial charge in [-0.15, -0.1) is 0 Å². The maximum atomic E-state index is 14.1. The second-order valence-electron chi connectivity index (χ2n) is 4.99. The van der Waals surface area contributed by atoms with Gasteiger partial charge in [0.1, 0.15) is 0 Å². The van der Waals surface area contributed by atoms with Crippen molar-refractivity contribution in [3.05, 3.63) is 47.3 Å². The third-order valence-corrected chi connectivity index (χ3v) is 3.59. The summed E-state index contributed by atoms with van der Waals surface area (Å²) in [7, 11) is 0. The Labute approximate surface area is 117 Å². The van der Waals surface area contributed by atoms with E-state index in [4.69, 9.17) is 0 Å². The molecule has 104 valence electrons. The van der Waals surface area contributed by atoms with Crippen molar-refractivity contribution in [1.82, 2.24) is 15.0 Å². The molecule has 1 N–H and O–H groups in total. The lowest BCUT2D eigenvalue weighted by molar-refractivity contribution is 0.571. The molecular weight excluding hydrogens is 255 g/mol. The van der Waals surface area contributed by atoms with Crippen LogP contribution in [0, 0.1) is 5.82 Å². The largest absolute Gasteiger partial charge is 0.354 e. The zero-order valence-corrected chi connectivity index (χ0v) is 11.4. The minimum Gasteiger partial charge on any atom is -0.354 e. The highest BCUT2D eigenvalue weighted by Gasteiger charge is 2.29. The number of pyridine rings is 1. The quantitative estimate of drug-likeness (QED) is 0.929. The van der Waals surface area contributed by atoms with Crippen LogP contribution in [0.2, 0.25) is 0 Å². The zero-order chi connectivity index (χ0) is 13.9. The van der Waals surface area contributed by atoms with E-state index in [0.29, 0.717) is 11.6 Å². The highest BCUT2D eigenvalue weighted by Crippen LogP contribution is 2.36. The summed E-state index contributed by atoms with van der Waals surface area (Å²) in [5.74, 6) is 0.0829. The molecule has 0 saturated heterocycles. The first-order chi connectivity index (χ1) is 9.79. The number of nitrogens with one attached hydrogen (secondary N) is 1. The van der Waals surface area contributed by atoms with Crippen molar-refractivity contribution in [3.63, 3.8) is 0 Å². The lowest BCUT2D eigenvalue weighted by Gasteiger charge is -2.12. The third kappa shape index (κ3) is 2.35. The van der Waals surface area contributed by atoms with Gasteiger partial charge in [0.15, 0.2) is 5.82 Å². The van der Waals surface area contributed by atoms with E-state index in [0.717, 1.165) is 31.5 Å². The van der Waals surface area contributed by atoms with E-state index >= 15 is 0 Å². The number of aryl methyl sites for hydroxylation is 1. The molecule has 3 rings (SSSR count). The summed E-state index contributed by atoms with van der Waals surface area (Å²) >= 11 is 0. The molecule has 0 radical (unpaired) electrons. The van der Waals surface area contributed by atoms with Gasteiger partial charge in [0.05, 0.1) is 17.6 Å². The summed E-state index contributed by atoms with van der Waals surface area (Å²) < 4.78 is 14.1. The van der Waals surface area contributed by atoms with E-state index in [1.54, 1.807) is 6.20 Å². The number of rotatable bonds is 4. The summed E-state index contributed by atoms with van der Waals surface area (Å²) in [6, 6.07) is 3.98. The molecule has 0 aliphatic heterocycles. The van der Waals surface area contributed by atoms with E-state index < -0.39 is 0 Å². The van der Waals surface area contributed by atoms with Crippen LogP contribution in [0.5, 0.6) is 0 Å². The molecule has 1 atom stereocenters. The van der Waals surface area contributed by atoms with Crippen molar-refractivity contribution >= 4 is 5.95 Å². The first kappa shape index (κ1) is 13.0. The van der Waals surface area contributed by atoms with Crippen LogP contribution in [0.1, 0.15) is 42.6 Å². The molecule has 2 aromatic heterocycles. The highest BCUT2D eigenvalue weighted by atomic mass is 19.1. The fraction of sp³-hybridized carbons (Fsp3) is 0.400. The fourth-order valence-corrected chi connectivity index (χ4v) is 2.63. The number of aromatic nitrogens is 3. The minimum atomic E-state index is -0.351. The summed E-state index contributed by atoms with van der Waals surface area (Å²) in [4.78, 5) is 12.7. The standard InChI is InChI=1S/C15H17FN4/c1-2-7-18-15-19-9-12(16)14(20-15)11-6-5-10-4-3-8-17-13(10)11/h3-4,8-9,11H,2,5-7H2,1H3,(H,18,19,20). The SMILES string of the molecule is CCCNc1ncc(F)c(C2CCc3cccnc32)n1. The molecule has 2 aromatic rings. The molecule has 1 aliphatic carbocycles. The predicted octanol–water partition coefficient (Wildman–Crippen LogP) is 2.91. The number of hydrogen-bond acceptors (Lipinski definition) is 4. The highest BCUT2D eigenvalue weighted by molar-refractivity contribution is 5.37. The van der Waals surface area contributed by atoms with Crippen molar-refractivity contribution in [2.24, 2.45) is 0 Å². The van der Waals surface area contributed by atoms with Crippen LogP contribution < -0.4 is 5.32 Å². The average molecular weight is 272 g/mol. The van der Waals surface area contributed by atoms with E-state index in [-0.39, 0.29) is 11.7 Å². The van der Waals surface area contributed by atoms with Gasteiger partial charge in [-0.2, -0.15) is 0 Å². The van der Waals surface area contributed by atoms with Gasteiger partial charge < -0.3 is 5.32 Å². The Balaban J connectivity index is 1.94. The number of hydrogen-bond donors (Lipinski definition) is 1. The molecule has 0 aromatic carbocycles. The Morgan fingerprint density at radius 1 is 1.35 bits per heavy atom. The Morgan fingerprint density at radius 2 is 2.25 bits per heavy atom. The molecule has 0 saturated carbocycles. The summed E-state index contributed by atoms with van der Waals surface area (Å²) in [6.07, 6.45) is 5.76. The van der Waals surface area contributed by atoms with Crippen molar-refractivity contribution in [3.8, 4) is 0 Å². The third-order valence-electron chi connectivity index (χ3n) is 3.59. The molecule has 2 heterocycles. The summed E-state index contributed by atoms with van der Waals surface area (Å²) in [5.41, 5.74) is 2.60. The van der Waals surface area contributed by atoms with Crippen LogP contribution in [-0.4, -0.2) is 21.5 Å². The van der Waals surface area contributed by atoms with Crippen molar-refractivity contribution in [2.75, 3.05) is 11.9 Å². The maximum absolute atomic E-state index is 14.1. The second kappa shape index (κ2) is 5.53. The van der Waals surface area contributed by atoms with Gasteiger partial charge in [0.2, 0.25) is 5.95 Å². The molecule has 20 heavy (non-hydrogen) atoms. The van der Waals surface area contributed by atoms with E-state index in [2.05, 4.69) is 33.3 Å². The van der Waals surface area contributed by atoms with Crippen LogP contribution in [0.4, 0.5) is 10.3 Å². The fourth-order valence-electron chi connectivity index (χ4n) is 2.63. The molecule has 0 amide bonds. The van der Waals surface area contributed by atoms with Crippen LogP contribution in [0.25, 0.3) is 0 Å². The van der Waals surface area contributed by atoms with Crippen molar-refractivity contribution in [2.45, 2.75) is 32.1 Å².